The molecule has 6 nitrogen and oxygen atoms in total. The third-order valence-corrected chi connectivity index (χ3v) is 6.96. The van der Waals surface area contributed by atoms with Crippen molar-refractivity contribution in [3.63, 3.8) is 0 Å². The van der Waals surface area contributed by atoms with E-state index in [9.17, 15) is 5.11 Å². The summed E-state index contributed by atoms with van der Waals surface area (Å²) in [7, 11) is 0. The number of nitrogens with zero attached hydrogens (tertiary/aromatic N) is 4. The van der Waals surface area contributed by atoms with Crippen LogP contribution in [-0.4, -0.2) is 24.6 Å². The van der Waals surface area contributed by atoms with Gasteiger partial charge < -0.3 is 14.4 Å². The van der Waals surface area contributed by atoms with Gasteiger partial charge in [-0.15, -0.1) is 17.5 Å². The van der Waals surface area contributed by atoms with Gasteiger partial charge in [-0.2, -0.15) is 6.07 Å². The first-order chi connectivity index (χ1) is 18.3. The third-order valence-electron chi connectivity index (χ3n) is 6.96. The summed E-state index contributed by atoms with van der Waals surface area (Å²) in [4.78, 5) is 13.8. The summed E-state index contributed by atoms with van der Waals surface area (Å²) in [6.07, 6.45) is 3.52. The molecule has 6 aromatic rings. The normalized spacial score (nSPS) is 11.6. The van der Waals surface area contributed by atoms with Crippen molar-refractivity contribution in [2.45, 2.75) is 46.5 Å². The number of aryl methyl sites for hydroxylation is 1. The summed E-state index contributed by atoms with van der Waals surface area (Å²) in [6.45, 7) is 10.5. The molecule has 0 aliphatic carbocycles. The summed E-state index contributed by atoms with van der Waals surface area (Å²) in [5.74, 6) is 2.50. The minimum absolute atomic E-state index is 0. The molecule has 3 aromatic carbocycles. The monoisotopic (exact) mass is 696 g/mol. The van der Waals surface area contributed by atoms with Gasteiger partial charge in [0.2, 0.25) is 5.88 Å². The summed E-state index contributed by atoms with van der Waals surface area (Å²) >= 11 is 0. The van der Waals surface area contributed by atoms with Gasteiger partial charge in [-0.25, -0.2) is 9.97 Å². The number of aromatic hydroxyl groups is 1. The van der Waals surface area contributed by atoms with Gasteiger partial charge in [-0.3, -0.25) is 4.98 Å². The van der Waals surface area contributed by atoms with Gasteiger partial charge in [0, 0.05) is 50.0 Å². The van der Waals surface area contributed by atoms with Crippen LogP contribution in [0.2, 0.25) is 0 Å². The molecule has 0 spiro atoms. The Morgan fingerprint density at radius 3 is 2.36 bits per heavy atom. The Kier molecular flexibility index (Phi) is 7.17. The van der Waals surface area contributed by atoms with Crippen LogP contribution in [0, 0.1) is 13.0 Å². The van der Waals surface area contributed by atoms with E-state index < -0.39 is 0 Å². The maximum absolute atomic E-state index is 10.6. The molecule has 0 saturated heterocycles. The Morgan fingerprint density at radius 1 is 0.846 bits per heavy atom. The second-order valence-electron chi connectivity index (χ2n) is 10.4. The zero-order chi connectivity index (χ0) is 26.6. The molecule has 1 N–H and O–H groups in total. The van der Waals surface area contributed by atoms with Crippen molar-refractivity contribution in [2.75, 3.05) is 0 Å². The molecule has 0 aliphatic heterocycles. The number of benzene rings is 3. The van der Waals surface area contributed by atoms with Crippen LogP contribution in [-0.2, 0) is 21.1 Å². The standard InChI is InChI=1S/C32H29N4O2.Pt/c1-18(2)21-6-9-25-26-10-8-24(15-28(26)36(27(25)13-21)30-17-33-16-20(5)34-30)38-31-11-7-22-12-23(19(3)4)14-29(37)32(22)35-31;/h6-14,16-19,37H,1-5H3;/q-1;. The Hall–Kier alpha value is -3.76. The largest absolute Gasteiger partial charge is 0.506 e. The van der Waals surface area contributed by atoms with Crippen molar-refractivity contribution in [1.29, 1.82) is 0 Å². The summed E-state index contributed by atoms with van der Waals surface area (Å²) < 4.78 is 8.27. The maximum Gasteiger partial charge on any atom is 0.217 e. The molecule has 0 aliphatic rings. The van der Waals surface area contributed by atoms with Crippen molar-refractivity contribution < 1.29 is 30.9 Å². The first kappa shape index (κ1) is 26.8. The average molecular weight is 697 g/mol. The van der Waals surface area contributed by atoms with Gasteiger partial charge in [0.1, 0.15) is 11.3 Å². The molecule has 0 atom stereocenters. The fraction of sp³-hybridized carbons (Fsp3) is 0.219. The molecule has 0 radical (unpaired) electrons. The van der Waals surface area contributed by atoms with Gasteiger partial charge in [-0.05, 0) is 59.5 Å². The Bertz CT molecular complexity index is 1840. The van der Waals surface area contributed by atoms with Crippen LogP contribution in [0.3, 0.4) is 0 Å². The number of hydrogen-bond donors (Lipinski definition) is 1. The Balaban J connectivity index is 0.00000308. The predicted octanol–water partition coefficient (Wildman–Crippen LogP) is 7.97. The number of hydrogen-bond acceptors (Lipinski definition) is 5. The molecule has 3 aromatic heterocycles. The van der Waals surface area contributed by atoms with Crippen LogP contribution in [0.1, 0.15) is 56.4 Å². The molecule has 0 bridgehead atoms. The average Bonchev–Trinajstić information content (AvgIpc) is 3.21. The van der Waals surface area contributed by atoms with Gasteiger partial charge in [-0.1, -0.05) is 45.3 Å². The van der Waals surface area contributed by atoms with E-state index in [-0.39, 0.29) is 26.8 Å². The second kappa shape index (κ2) is 10.4. The minimum Gasteiger partial charge on any atom is -0.506 e. The zero-order valence-electron chi connectivity index (χ0n) is 22.5. The number of ether oxygens (including phenoxy) is 1. The quantitative estimate of drug-likeness (QED) is 0.185. The summed E-state index contributed by atoms with van der Waals surface area (Å²) in [5.41, 5.74) is 5.57. The third kappa shape index (κ3) is 4.90. The molecule has 0 amide bonds. The van der Waals surface area contributed by atoms with Gasteiger partial charge in [0.25, 0.3) is 0 Å². The van der Waals surface area contributed by atoms with E-state index in [0.29, 0.717) is 29.0 Å². The SMILES string of the molecule is Cc1cncc(-n2c3[c-]c(Oc4ccc5cc(C(C)C)cc(O)c5n4)ccc3c3ccc(C(C)C)cc32)n1.[Pt]. The van der Waals surface area contributed by atoms with Gasteiger partial charge >= 0.3 is 0 Å². The molecule has 0 unspecified atom stereocenters. The van der Waals surface area contributed by atoms with Crippen molar-refractivity contribution in [3.05, 3.63) is 89.9 Å². The number of rotatable bonds is 5. The van der Waals surface area contributed by atoms with Crippen LogP contribution in [0.25, 0.3) is 38.5 Å². The molecule has 0 fully saturated rings. The molecule has 6 rings (SSSR count). The number of pyridine rings is 1. The fourth-order valence-electron chi connectivity index (χ4n) is 4.88. The molecule has 7 heteroatoms. The first-order valence-electron chi connectivity index (χ1n) is 12.9. The van der Waals surface area contributed by atoms with Crippen LogP contribution in [0.5, 0.6) is 17.4 Å². The van der Waals surface area contributed by atoms with E-state index in [1.807, 2.05) is 31.2 Å². The smallest absolute Gasteiger partial charge is 0.217 e. The van der Waals surface area contributed by atoms with Crippen LogP contribution in [0.4, 0.5) is 0 Å². The van der Waals surface area contributed by atoms with Crippen LogP contribution >= 0.6 is 0 Å². The Morgan fingerprint density at radius 2 is 1.62 bits per heavy atom. The zero-order valence-corrected chi connectivity index (χ0v) is 24.7. The molecular formula is C32H29N4O2Pt-. The minimum atomic E-state index is 0. The number of aromatic nitrogens is 4. The summed E-state index contributed by atoms with van der Waals surface area (Å²) in [5, 5.41) is 13.7. The fourth-order valence-corrected chi connectivity index (χ4v) is 4.88. The van der Waals surface area contributed by atoms with Crippen molar-refractivity contribution in [1.82, 2.24) is 19.5 Å². The van der Waals surface area contributed by atoms with E-state index in [1.54, 1.807) is 18.5 Å². The predicted molar refractivity (Wildman–Crippen MR) is 152 cm³/mol. The van der Waals surface area contributed by atoms with E-state index in [1.165, 1.54) is 5.56 Å². The topological polar surface area (TPSA) is 73.1 Å². The number of phenolic OH excluding ortho intramolecular Hbond substituents is 1. The molecular weight excluding hydrogens is 667 g/mol. The number of fused-ring (bicyclic) bond motifs is 4. The molecule has 3 heterocycles. The van der Waals surface area contributed by atoms with E-state index in [4.69, 9.17) is 9.72 Å². The van der Waals surface area contributed by atoms with E-state index in [2.05, 4.69) is 72.6 Å². The van der Waals surface area contributed by atoms with Gasteiger partial charge in [0.05, 0.1) is 11.9 Å². The van der Waals surface area contributed by atoms with Crippen LogP contribution < -0.4 is 4.74 Å². The van der Waals surface area contributed by atoms with Crippen molar-refractivity contribution in [3.8, 4) is 23.2 Å². The van der Waals surface area contributed by atoms with Crippen molar-refractivity contribution in [2.24, 2.45) is 0 Å². The summed E-state index contributed by atoms with van der Waals surface area (Å²) in [6, 6.07) is 21.5. The Labute approximate surface area is 242 Å². The van der Waals surface area contributed by atoms with E-state index >= 15 is 0 Å². The second-order valence-corrected chi connectivity index (χ2v) is 10.4. The first-order valence-corrected chi connectivity index (χ1v) is 12.9. The molecule has 0 saturated carbocycles. The van der Waals surface area contributed by atoms with Crippen molar-refractivity contribution >= 4 is 32.7 Å². The number of phenols is 1. The molecule has 39 heavy (non-hydrogen) atoms. The van der Waals surface area contributed by atoms with E-state index in [0.717, 1.165) is 44.3 Å². The maximum atomic E-state index is 10.6. The van der Waals surface area contributed by atoms with Gasteiger partial charge in [0.15, 0.2) is 5.82 Å². The van der Waals surface area contributed by atoms with Crippen LogP contribution in [0.15, 0.2) is 67.0 Å². The molecule has 200 valence electrons.